The minimum absolute atomic E-state index is 0.160. The van der Waals surface area contributed by atoms with Gasteiger partial charge in [0, 0.05) is 24.2 Å². The van der Waals surface area contributed by atoms with Crippen molar-refractivity contribution in [3.8, 4) is 5.75 Å². The number of methoxy groups -OCH3 is 1. The quantitative estimate of drug-likeness (QED) is 0.254. The molecule has 9 nitrogen and oxygen atoms in total. The molecule has 2 aromatic rings. The number of ether oxygens (including phenoxy) is 1. The van der Waals surface area contributed by atoms with Gasteiger partial charge in [-0.25, -0.2) is 18.1 Å². The Labute approximate surface area is 181 Å². The lowest BCUT2D eigenvalue weighted by Crippen LogP contribution is -2.37. The summed E-state index contributed by atoms with van der Waals surface area (Å²) in [7, 11) is -2.36. The summed E-state index contributed by atoms with van der Waals surface area (Å²) in [5, 5.41) is 12.5. The minimum Gasteiger partial charge on any atom is -0.496 e. The highest BCUT2D eigenvalue weighted by molar-refractivity contribution is 7.90. The first kappa shape index (κ1) is 24.1. The standard InChI is InChI=1S/C19H29N5O4S2/c1-11-10-15(28-4)12(2)13(3)17(11)30(26,27)24-19(21)23-7-5-6-14(20)16(25)18-22-8-9-29-18/h8-10,14,16,25H,5-7,20H2,1-4H3,(H3,21,23,24)/t14-,16?/m0/s1. The van der Waals surface area contributed by atoms with Crippen LogP contribution in [0.2, 0.25) is 0 Å². The van der Waals surface area contributed by atoms with Crippen LogP contribution in [0, 0.1) is 20.8 Å². The first-order chi connectivity index (χ1) is 14.1. The molecule has 11 heteroatoms. The van der Waals surface area contributed by atoms with Crippen molar-refractivity contribution in [2.75, 3.05) is 13.7 Å². The molecule has 0 aliphatic heterocycles. The average Bonchev–Trinajstić information content (AvgIpc) is 3.21. The number of aliphatic hydroxyl groups is 1. The highest BCUT2D eigenvalue weighted by Gasteiger charge is 2.23. The van der Waals surface area contributed by atoms with E-state index in [4.69, 9.17) is 16.2 Å². The normalized spacial score (nSPS) is 14.4. The van der Waals surface area contributed by atoms with E-state index >= 15 is 0 Å². The molecule has 0 fully saturated rings. The fourth-order valence-corrected chi connectivity index (χ4v) is 5.29. The maximum Gasteiger partial charge on any atom is 0.264 e. The number of hydrogen-bond acceptors (Lipinski definition) is 8. The smallest absolute Gasteiger partial charge is 0.264 e. The fourth-order valence-electron chi connectivity index (χ4n) is 3.12. The van der Waals surface area contributed by atoms with E-state index in [0.717, 1.165) is 5.56 Å². The highest BCUT2D eigenvalue weighted by Crippen LogP contribution is 2.30. The van der Waals surface area contributed by atoms with Gasteiger partial charge >= 0.3 is 0 Å². The third-order valence-corrected chi connectivity index (χ3v) is 7.28. The van der Waals surface area contributed by atoms with Crippen molar-refractivity contribution >= 4 is 27.3 Å². The van der Waals surface area contributed by atoms with Crippen molar-refractivity contribution in [3.63, 3.8) is 0 Å². The molecule has 0 radical (unpaired) electrons. The minimum atomic E-state index is -3.90. The summed E-state index contributed by atoms with van der Waals surface area (Å²) in [5.74, 6) is 0.429. The van der Waals surface area contributed by atoms with E-state index in [1.165, 1.54) is 11.3 Å². The van der Waals surface area contributed by atoms with Gasteiger partial charge in [-0.05, 0) is 56.4 Å². The second-order valence-corrected chi connectivity index (χ2v) is 9.51. The molecule has 0 aliphatic carbocycles. The zero-order chi connectivity index (χ0) is 22.5. The van der Waals surface area contributed by atoms with Crippen molar-refractivity contribution in [3.05, 3.63) is 39.3 Å². The number of hydrogen-bond donors (Lipinski definition) is 4. The number of aliphatic imine (C=N–C) groups is 1. The van der Waals surface area contributed by atoms with Crippen LogP contribution in [0.4, 0.5) is 0 Å². The van der Waals surface area contributed by atoms with Crippen LogP contribution in [0.1, 0.15) is 40.6 Å². The number of sulfonamides is 1. The summed E-state index contributed by atoms with van der Waals surface area (Å²) in [6.07, 6.45) is 1.79. The third-order valence-electron chi connectivity index (χ3n) is 4.79. The molecule has 1 unspecified atom stereocenters. The molecular formula is C19H29N5O4S2. The van der Waals surface area contributed by atoms with E-state index in [9.17, 15) is 13.5 Å². The number of nitrogens with one attached hydrogen (secondary N) is 1. The Kier molecular flexibility index (Phi) is 8.18. The summed E-state index contributed by atoms with van der Waals surface area (Å²) < 4.78 is 33.3. The van der Waals surface area contributed by atoms with Crippen molar-refractivity contribution in [1.29, 1.82) is 0 Å². The summed E-state index contributed by atoms with van der Waals surface area (Å²) in [6.45, 7) is 5.49. The summed E-state index contributed by atoms with van der Waals surface area (Å²) >= 11 is 1.34. The summed E-state index contributed by atoms with van der Waals surface area (Å²) in [4.78, 5) is 8.28. The van der Waals surface area contributed by atoms with Crippen molar-refractivity contribution in [1.82, 2.24) is 9.71 Å². The molecule has 1 heterocycles. The van der Waals surface area contributed by atoms with Gasteiger partial charge in [-0.3, -0.25) is 4.99 Å². The van der Waals surface area contributed by atoms with Crippen LogP contribution in [0.25, 0.3) is 0 Å². The molecule has 0 amide bonds. The molecule has 6 N–H and O–H groups in total. The zero-order valence-electron chi connectivity index (χ0n) is 17.5. The van der Waals surface area contributed by atoms with Crippen LogP contribution < -0.4 is 20.9 Å². The van der Waals surface area contributed by atoms with Gasteiger partial charge in [-0.2, -0.15) is 0 Å². The van der Waals surface area contributed by atoms with Crippen LogP contribution in [-0.2, 0) is 10.0 Å². The average molecular weight is 456 g/mol. The molecule has 2 atom stereocenters. The number of guanidine groups is 1. The first-order valence-electron chi connectivity index (χ1n) is 9.39. The molecule has 0 saturated carbocycles. The third kappa shape index (κ3) is 5.69. The van der Waals surface area contributed by atoms with Crippen LogP contribution in [0.15, 0.2) is 27.5 Å². The van der Waals surface area contributed by atoms with Crippen LogP contribution in [0.3, 0.4) is 0 Å². The van der Waals surface area contributed by atoms with E-state index in [-0.39, 0.29) is 17.4 Å². The molecule has 1 aromatic carbocycles. The molecule has 30 heavy (non-hydrogen) atoms. The molecule has 166 valence electrons. The Morgan fingerprint density at radius 1 is 1.37 bits per heavy atom. The molecule has 0 saturated heterocycles. The van der Waals surface area contributed by atoms with Crippen molar-refractivity contribution in [2.24, 2.45) is 16.5 Å². The number of rotatable bonds is 9. The van der Waals surface area contributed by atoms with Gasteiger partial charge in [-0.1, -0.05) is 0 Å². The Balaban J connectivity index is 1.99. The summed E-state index contributed by atoms with van der Waals surface area (Å²) in [5.41, 5.74) is 13.7. The first-order valence-corrected chi connectivity index (χ1v) is 11.7. The topological polar surface area (TPSA) is 153 Å². The van der Waals surface area contributed by atoms with Crippen molar-refractivity contribution in [2.45, 2.75) is 50.7 Å². The second kappa shape index (κ2) is 10.2. The number of nitrogens with zero attached hydrogens (tertiary/aromatic N) is 2. The lowest BCUT2D eigenvalue weighted by Gasteiger charge is -2.17. The Morgan fingerprint density at radius 3 is 2.67 bits per heavy atom. The van der Waals surface area contributed by atoms with E-state index in [2.05, 4.69) is 14.7 Å². The van der Waals surface area contributed by atoms with Crippen LogP contribution >= 0.6 is 11.3 Å². The number of thiazole rings is 1. The Morgan fingerprint density at radius 2 is 2.07 bits per heavy atom. The molecule has 1 aromatic heterocycles. The molecule has 0 bridgehead atoms. The molecule has 0 spiro atoms. The van der Waals surface area contributed by atoms with Crippen LogP contribution in [-0.4, -0.2) is 44.2 Å². The monoisotopic (exact) mass is 455 g/mol. The van der Waals surface area contributed by atoms with Crippen molar-refractivity contribution < 1.29 is 18.3 Å². The fraction of sp³-hybridized carbons (Fsp3) is 0.474. The van der Waals surface area contributed by atoms with Crippen LogP contribution in [0.5, 0.6) is 5.75 Å². The zero-order valence-corrected chi connectivity index (χ0v) is 19.2. The van der Waals surface area contributed by atoms with E-state index < -0.39 is 22.2 Å². The lowest BCUT2D eigenvalue weighted by molar-refractivity contribution is 0.141. The second-order valence-electron chi connectivity index (χ2n) is 6.97. The van der Waals surface area contributed by atoms with Gasteiger partial charge in [0.25, 0.3) is 10.0 Å². The molecular weight excluding hydrogens is 426 g/mol. The number of nitrogens with two attached hydrogens (primary N) is 2. The predicted molar refractivity (Wildman–Crippen MR) is 118 cm³/mol. The van der Waals surface area contributed by atoms with Gasteiger partial charge in [0.1, 0.15) is 16.9 Å². The maximum atomic E-state index is 12.8. The van der Waals surface area contributed by atoms with Gasteiger partial charge in [0.15, 0.2) is 0 Å². The largest absolute Gasteiger partial charge is 0.496 e. The number of aromatic nitrogens is 1. The Bertz CT molecular complexity index is 991. The Hall–Kier alpha value is -2.21. The summed E-state index contributed by atoms with van der Waals surface area (Å²) in [6, 6.07) is 1.19. The highest BCUT2D eigenvalue weighted by atomic mass is 32.2. The van der Waals surface area contributed by atoms with E-state index in [0.29, 0.717) is 34.7 Å². The van der Waals surface area contributed by atoms with Gasteiger partial charge in [0.05, 0.1) is 12.0 Å². The predicted octanol–water partition coefficient (Wildman–Crippen LogP) is 1.51. The van der Waals surface area contributed by atoms with Gasteiger partial charge in [-0.15, -0.1) is 11.3 Å². The van der Waals surface area contributed by atoms with Gasteiger partial charge < -0.3 is 21.3 Å². The van der Waals surface area contributed by atoms with E-state index in [1.54, 1.807) is 45.5 Å². The molecule has 0 aliphatic rings. The van der Waals surface area contributed by atoms with Gasteiger partial charge in [0.2, 0.25) is 5.96 Å². The number of aliphatic hydroxyl groups excluding tert-OH is 1. The number of aryl methyl sites for hydroxylation is 1. The number of benzene rings is 1. The lowest BCUT2D eigenvalue weighted by atomic mass is 10.1. The van der Waals surface area contributed by atoms with E-state index in [1.807, 2.05) is 0 Å². The molecule has 2 rings (SSSR count). The maximum absolute atomic E-state index is 12.8. The SMILES string of the molecule is COc1cc(C)c(S(=O)(=O)NC(N)=NCCC[C@H](N)C(O)c2nccs2)c(C)c1C.